The third-order valence-corrected chi connectivity index (χ3v) is 5.07. The molecule has 2 saturated heterocycles. The van der Waals surface area contributed by atoms with Crippen molar-refractivity contribution in [3.8, 4) is 11.4 Å². The molecular weight excluding hydrogens is 351 g/mol. The standard InChI is InChI=1S/C19H23FN4O3/c20-15-5-1-3-13(9-15)18-22-19(27-23-18)14-4-2-7-24(11-14)17(25)10-16-12-26-8-6-21-16/h1,3,5,9,14,16,21H,2,4,6-8,10-12H2. The highest BCUT2D eigenvalue weighted by molar-refractivity contribution is 5.77. The number of amides is 1. The Labute approximate surface area is 156 Å². The van der Waals surface area contributed by atoms with E-state index in [9.17, 15) is 9.18 Å². The lowest BCUT2D eigenvalue weighted by Gasteiger charge is -2.33. The molecule has 7 nitrogen and oxygen atoms in total. The molecular formula is C19H23FN4O3. The van der Waals surface area contributed by atoms with Crippen molar-refractivity contribution in [1.29, 1.82) is 0 Å². The summed E-state index contributed by atoms with van der Waals surface area (Å²) < 4.78 is 24.2. The van der Waals surface area contributed by atoms with Gasteiger partial charge in [-0.15, -0.1) is 0 Å². The first-order valence-electron chi connectivity index (χ1n) is 9.37. The Morgan fingerprint density at radius 2 is 2.33 bits per heavy atom. The molecule has 144 valence electrons. The number of benzene rings is 1. The Hall–Kier alpha value is -2.32. The molecule has 0 aliphatic carbocycles. The number of nitrogens with one attached hydrogen (secondary N) is 1. The number of hydrogen-bond donors (Lipinski definition) is 1. The molecule has 1 amide bonds. The molecule has 0 saturated carbocycles. The van der Waals surface area contributed by atoms with E-state index >= 15 is 0 Å². The maximum absolute atomic E-state index is 13.4. The number of halogens is 1. The average Bonchev–Trinajstić information content (AvgIpc) is 3.19. The third kappa shape index (κ3) is 4.33. The van der Waals surface area contributed by atoms with Crippen LogP contribution in [0.2, 0.25) is 0 Å². The number of morpholine rings is 1. The van der Waals surface area contributed by atoms with Crippen LogP contribution in [0.15, 0.2) is 28.8 Å². The molecule has 2 aliphatic rings. The molecule has 1 aromatic carbocycles. The fourth-order valence-corrected chi connectivity index (χ4v) is 3.64. The zero-order valence-corrected chi connectivity index (χ0v) is 15.1. The molecule has 2 fully saturated rings. The maximum atomic E-state index is 13.4. The largest absolute Gasteiger partial charge is 0.378 e. The van der Waals surface area contributed by atoms with E-state index in [1.54, 1.807) is 12.1 Å². The van der Waals surface area contributed by atoms with Crippen LogP contribution in [0.5, 0.6) is 0 Å². The van der Waals surface area contributed by atoms with Crippen LogP contribution in [-0.2, 0) is 9.53 Å². The van der Waals surface area contributed by atoms with Crippen molar-refractivity contribution in [3.05, 3.63) is 36.0 Å². The molecule has 1 aromatic heterocycles. The van der Waals surface area contributed by atoms with E-state index in [1.165, 1.54) is 12.1 Å². The van der Waals surface area contributed by atoms with Gasteiger partial charge in [0.2, 0.25) is 17.6 Å². The quantitative estimate of drug-likeness (QED) is 0.881. The van der Waals surface area contributed by atoms with Crippen LogP contribution in [-0.4, -0.2) is 59.8 Å². The summed E-state index contributed by atoms with van der Waals surface area (Å²) in [7, 11) is 0. The Kier molecular flexibility index (Phi) is 5.45. The van der Waals surface area contributed by atoms with Crippen LogP contribution in [0, 0.1) is 5.82 Å². The molecule has 27 heavy (non-hydrogen) atoms. The summed E-state index contributed by atoms with van der Waals surface area (Å²) in [6.07, 6.45) is 2.22. The molecule has 0 spiro atoms. The van der Waals surface area contributed by atoms with Gasteiger partial charge in [-0.1, -0.05) is 17.3 Å². The first-order chi connectivity index (χ1) is 13.2. The van der Waals surface area contributed by atoms with Gasteiger partial charge in [-0.3, -0.25) is 4.79 Å². The predicted octanol–water partition coefficient (Wildman–Crippen LogP) is 1.96. The van der Waals surface area contributed by atoms with Gasteiger partial charge in [0.25, 0.3) is 0 Å². The highest BCUT2D eigenvalue weighted by Crippen LogP contribution is 2.28. The van der Waals surface area contributed by atoms with E-state index in [2.05, 4.69) is 15.5 Å². The van der Waals surface area contributed by atoms with Crippen LogP contribution in [0.3, 0.4) is 0 Å². The lowest BCUT2D eigenvalue weighted by atomic mass is 9.97. The average molecular weight is 374 g/mol. The van der Waals surface area contributed by atoms with Crippen molar-refractivity contribution in [2.24, 2.45) is 0 Å². The Balaban J connectivity index is 1.40. The Morgan fingerprint density at radius 1 is 1.41 bits per heavy atom. The highest BCUT2D eigenvalue weighted by Gasteiger charge is 2.30. The number of ether oxygens (including phenoxy) is 1. The van der Waals surface area contributed by atoms with Crippen LogP contribution in [0.4, 0.5) is 4.39 Å². The second-order valence-corrected chi connectivity index (χ2v) is 7.08. The number of hydrogen-bond acceptors (Lipinski definition) is 6. The van der Waals surface area contributed by atoms with Crippen molar-refractivity contribution >= 4 is 5.91 Å². The SMILES string of the molecule is O=C(CC1COCCN1)N1CCCC(c2nc(-c3cccc(F)c3)no2)C1. The van der Waals surface area contributed by atoms with Gasteiger partial charge >= 0.3 is 0 Å². The summed E-state index contributed by atoms with van der Waals surface area (Å²) in [4.78, 5) is 18.9. The van der Waals surface area contributed by atoms with Gasteiger partial charge in [-0.2, -0.15) is 4.98 Å². The number of carbonyl (C=O) groups excluding carboxylic acids is 1. The molecule has 8 heteroatoms. The van der Waals surface area contributed by atoms with Crippen LogP contribution >= 0.6 is 0 Å². The summed E-state index contributed by atoms with van der Waals surface area (Å²) in [6.45, 7) is 3.36. The third-order valence-electron chi connectivity index (χ3n) is 5.07. The number of likely N-dealkylation sites (tertiary alicyclic amines) is 1. The second-order valence-electron chi connectivity index (χ2n) is 7.08. The van der Waals surface area contributed by atoms with Crippen molar-refractivity contribution in [2.45, 2.75) is 31.2 Å². The van der Waals surface area contributed by atoms with Gasteiger partial charge in [0, 0.05) is 37.7 Å². The molecule has 1 N–H and O–H groups in total. The van der Waals surface area contributed by atoms with Gasteiger partial charge in [-0.05, 0) is 25.0 Å². The summed E-state index contributed by atoms with van der Waals surface area (Å²) in [5.41, 5.74) is 0.581. The van der Waals surface area contributed by atoms with Crippen molar-refractivity contribution in [3.63, 3.8) is 0 Å². The Bertz CT molecular complexity index is 791. The van der Waals surface area contributed by atoms with Gasteiger partial charge in [0.1, 0.15) is 5.82 Å². The molecule has 2 atom stereocenters. The Morgan fingerprint density at radius 3 is 3.15 bits per heavy atom. The summed E-state index contributed by atoms with van der Waals surface area (Å²) in [5.74, 6) is 0.664. The lowest BCUT2D eigenvalue weighted by Crippen LogP contribution is -2.46. The topological polar surface area (TPSA) is 80.5 Å². The molecule has 2 aromatic rings. The summed E-state index contributed by atoms with van der Waals surface area (Å²) >= 11 is 0. The molecule has 0 bridgehead atoms. The molecule has 3 heterocycles. The minimum absolute atomic E-state index is 0.00748. The fourth-order valence-electron chi connectivity index (χ4n) is 3.64. The summed E-state index contributed by atoms with van der Waals surface area (Å²) in [5, 5.41) is 7.30. The second kappa shape index (κ2) is 8.14. The number of rotatable bonds is 4. The van der Waals surface area contributed by atoms with Gasteiger partial charge in [0.05, 0.1) is 19.1 Å². The van der Waals surface area contributed by atoms with Gasteiger partial charge in [0.15, 0.2) is 0 Å². The van der Waals surface area contributed by atoms with Crippen molar-refractivity contribution in [2.75, 3.05) is 32.8 Å². The zero-order valence-electron chi connectivity index (χ0n) is 15.1. The molecule has 0 radical (unpaired) electrons. The van der Waals surface area contributed by atoms with E-state index < -0.39 is 0 Å². The van der Waals surface area contributed by atoms with Crippen LogP contribution in [0.1, 0.15) is 31.1 Å². The van der Waals surface area contributed by atoms with Crippen LogP contribution in [0.25, 0.3) is 11.4 Å². The van der Waals surface area contributed by atoms with E-state index in [0.29, 0.717) is 43.5 Å². The fraction of sp³-hybridized carbons (Fsp3) is 0.526. The normalized spacial score (nSPS) is 23.4. The molecule has 2 aliphatic heterocycles. The smallest absolute Gasteiger partial charge is 0.231 e. The summed E-state index contributed by atoms with van der Waals surface area (Å²) in [6, 6.07) is 6.19. The first kappa shape index (κ1) is 18.1. The van der Waals surface area contributed by atoms with Crippen molar-refractivity contribution < 1.29 is 18.4 Å². The minimum Gasteiger partial charge on any atom is -0.378 e. The van der Waals surface area contributed by atoms with E-state index in [1.807, 2.05) is 4.90 Å². The zero-order chi connectivity index (χ0) is 18.6. The van der Waals surface area contributed by atoms with Crippen LogP contribution < -0.4 is 5.32 Å². The van der Waals surface area contributed by atoms with Crippen molar-refractivity contribution in [1.82, 2.24) is 20.4 Å². The number of carbonyl (C=O) groups is 1. The highest BCUT2D eigenvalue weighted by atomic mass is 19.1. The maximum Gasteiger partial charge on any atom is 0.231 e. The predicted molar refractivity (Wildman–Crippen MR) is 95.5 cm³/mol. The molecule has 2 unspecified atom stereocenters. The minimum atomic E-state index is -0.339. The van der Waals surface area contributed by atoms with Gasteiger partial charge in [-0.25, -0.2) is 4.39 Å². The number of nitrogens with zero attached hydrogens (tertiary/aromatic N) is 3. The first-order valence-corrected chi connectivity index (χ1v) is 9.37. The van der Waals surface area contributed by atoms with Gasteiger partial charge < -0.3 is 19.5 Å². The van der Waals surface area contributed by atoms with E-state index in [0.717, 1.165) is 25.9 Å². The molecule has 4 rings (SSSR count). The lowest BCUT2D eigenvalue weighted by molar-refractivity contribution is -0.133. The number of aromatic nitrogens is 2. The number of piperidine rings is 1. The monoisotopic (exact) mass is 374 g/mol. The van der Waals surface area contributed by atoms with E-state index in [4.69, 9.17) is 9.26 Å². The van der Waals surface area contributed by atoms with E-state index in [-0.39, 0.29) is 23.7 Å².